The number of ether oxygens (including phenoxy) is 1. The van der Waals surface area contributed by atoms with Gasteiger partial charge in [-0.2, -0.15) is 0 Å². The first-order valence-corrected chi connectivity index (χ1v) is 9.24. The van der Waals surface area contributed by atoms with Crippen LogP contribution in [0.5, 0.6) is 0 Å². The quantitative estimate of drug-likeness (QED) is 0.863. The van der Waals surface area contributed by atoms with Gasteiger partial charge in [0.15, 0.2) is 0 Å². The molecule has 2 aliphatic rings. The van der Waals surface area contributed by atoms with Crippen molar-refractivity contribution in [3.05, 3.63) is 0 Å². The van der Waals surface area contributed by atoms with E-state index < -0.39 is 5.60 Å². The Morgan fingerprint density at radius 3 is 2.22 bits per heavy atom. The summed E-state index contributed by atoms with van der Waals surface area (Å²) in [6, 6.07) is 0. The minimum atomic E-state index is -0.414. The summed E-state index contributed by atoms with van der Waals surface area (Å²) in [6.07, 6.45) is 7.66. The molecule has 2 fully saturated rings. The van der Waals surface area contributed by atoms with Crippen molar-refractivity contribution in [2.45, 2.75) is 64.9 Å². The Bertz CT molecular complexity index is 378. The molecule has 0 atom stereocenters. The van der Waals surface area contributed by atoms with Crippen LogP contribution >= 0.6 is 0 Å². The molecular formula is C18H35N3O2. The Hall–Kier alpha value is -0.810. The van der Waals surface area contributed by atoms with Gasteiger partial charge in [-0.15, -0.1) is 0 Å². The second-order valence-electron chi connectivity index (χ2n) is 8.32. The summed E-state index contributed by atoms with van der Waals surface area (Å²) < 4.78 is 5.45. The summed E-state index contributed by atoms with van der Waals surface area (Å²) in [4.78, 5) is 16.4. The van der Waals surface area contributed by atoms with Gasteiger partial charge in [0.1, 0.15) is 5.60 Å². The fourth-order valence-electron chi connectivity index (χ4n) is 3.73. The molecular weight excluding hydrogens is 290 g/mol. The lowest BCUT2D eigenvalue weighted by atomic mass is 9.72. The lowest BCUT2D eigenvalue weighted by Gasteiger charge is -2.40. The van der Waals surface area contributed by atoms with Gasteiger partial charge in [0.05, 0.1) is 0 Å². The van der Waals surface area contributed by atoms with Gasteiger partial charge >= 0.3 is 6.09 Å². The van der Waals surface area contributed by atoms with Crippen molar-refractivity contribution in [2.24, 2.45) is 11.1 Å². The molecule has 1 saturated heterocycles. The molecule has 0 unspecified atom stereocenters. The second-order valence-corrected chi connectivity index (χ2v) is 8.32. The molecule has 0 aromatic rings. The van der Waals surface area contributed by atoms with Crippen molar-refractivity contribution in [2.75, 3.05) is 39.3 Å². The fourth-order valence-corrected chi connectivity index (χ4v) is 3.73. The van der Waals surface area contributed by atoms with Crippen LogP contribution in [0, 0.1) is 5.41 Å². The zero-order chi connectivity index (χ0) is 16.9. The van der Waals surface area contributed by atoms with Gasteiger partial charge in [0.2, 0.25) is 0 Å². The van der Waals surface area contributed by atoms with Gasteiger partial charge in [0.25, 0.3) is 0 Å². The lowest BCUT2D eigenvalue weighted by molar-refractivity contribution is 0.0130. The molecule has 5 heteroatoms. The number of carbonyl (C=O) groups excluding carboxylic acids is 1. The molecule has 2 N–H and O–H groups in total. The van der Waals surface area contributed by atoms with E-state index in [9.17, 15) is 4.79 Å². The van der Waals surface area contributed by atoms with Crippen molar-refractivity contribution < 1.29 is 9.53 Å². The van der Waals surface area contributed by atoms with E-state index in [1.807, 2.05) is 25.7 Å². The number of hydrogen-bond acceptors (Lipinski definition) is 4. The van der Waals surface area contributed by atoms with E-state index in [4.69, 9.17) is 10.5 Å². The van der Waals surface area contributed by atoms with Crippen LogP contribution in [-0.2, 0) is 4.74 Å². The normalized spacial score (nSPS) is 22.9. The summed E-state index contributed by atoms with van der Waals surface area (Å²) in [5.41, 5.74) is 6.05. The molecule has 1 aliphatic carbocycles. The third-order valence-corrected chi connectivity index (χ3v) is 5.33. The Kier molecular flexibility index (Phi) is 6.32. The van der Waals surface area contributed by atoms with Crippen LogP contribution in [0.1, 0.15) is 59.3 Å². The van der Waals surface area contributed by atoms with Crippen LogP contribution in [0.2, 0.25) is 0 Å². The summed E-state index contributed by atoms with van der Waals surface area (Å²) in [7, 11) is 0. The number of nitrogens with two attached hydrogens (primary N) is 1. The van der Waals surface area contributed by atoms with E-state index in [0.717, 1.165) is 39.3 Å². The lowest BCUT2D eigenvalue weighted by Crippen LogP contribution is -2.50. The SMILES string of the molecule is CC(C)(C)OC(=O)N1CCN(CCC2(CN)CCCCC2)CC1. The predicted octanol–water partition coefficient (Wildman–Crippen LogP) is 2.84. The van der Waals surface area contributed by atoms with E-state index in [0.29, 0.717) is 5.41 Å². The van der Waals surface area contributed by atoms with Crippen molar-refractivity contribution in [3.63, 3.8) is 0 Å². The molecule has 0 aromatic heterocycles. The maximum Gasteiger partial charge on any atom is 0.410 e. The van der Waals surface area contributed by atoms with E-state index in [2.05, 4.69) is 4.90 Å². The van der Waals surface area contributed by atoms with Crippen LogP contribution in [-0.4, -0.2) is 60.8 Å². The van der Waals surface area contributed by atoms with Crippen LogP contribution in [0.25, 0.3) is 0 Å². The maximum absolute atomic E-state index is 12.1. The maximum atomic E-state index is 12.1. The molecule has 5 nitrogen and oxygen atoms in total. The summed E-state index contributed by atoms with van der Waals surface area (Å²) >= 11 is 0. The van der Waals surface area contributed by atoms with Gasteiger partial charge in [-0.05, 0) is 58.5 Å². The average Bonchev–Trinajstić information content (AvgIpc) is 2.53. The van der Waals surface area contributed by atoms with Crippen LogP contribution < -0.4 is 5.73 Å². The molecule has 2 rings (SSSR count). The van der Waals surface area contributed by atoms with E-state index >= 15 is 0 Å². The standard InChI is InChI=1S/C18H35N3O2/c1-17(2,3)23-16(22)21-13-11-20(12-14-21)10-9-18(15-19)7-5-4-6-8-18/h4-15,19H2,1-3H3. The minimum absolute atomic E-state index is 0.178. The van der Waals surface area contributed by atoms with Crippen molar-refractivity contribution in [1.29, 1.82) is 0 Å². The first-order valence-electron chi connectivity index (χ1n) is 9.24. The molecule has 134 valence electrons. The van der Waals surface area contributed by atoms with Gasteiger partial charge in [-0.3, -0.25) is 4.90 Å². The monoisotopic (exact) mass is 325 g/mol. The van der Waals surface area contributed by atoms with Crippen molar-refractivity contribution >= 4 is 6.09 Å². The van der Waals surface area contributed by atoms with E-state index in [-0.39, 0.29) is 6.09 Å². The summed E-state index contributed by atoms with van der Waals surface area (Å²) in [5.74, 6) is 0. The number of nitrogens with zero attached hydrogens (tertiary/aromatic N) is 2. The highest BCUT2D eigenvalue weighted by molar-refractivity contribution is 5.68. The molecule has 0 spiro atoms. The van der Waals surface area contributed by atoms with Gasteiger partial charge < -0.3 is 15.4 Å². The van der Waals surface area contributed by atoms with E-state index in [1.165, 1.54) is 38.5 Å². The Balaban J connectivity index is 1.73. The Morgan fingerprint density at radius 2 is 1.70 bits per heavy atom. The predicted molar refractivity (Wildman–Crippen MR) is 93.4 cm³/mol. The summed E-state index contributed by atoms with van der Waals surface area (Å²) in [6.45, 7) is 11.1. The molecule has 1 amide bonds. The smallest absolute Gasteiger partial charge is 0.410 e. The average molecular weight is 325 g/mol. The zero-order valence-corrected chi connectivity index (χ0v) is 15.3. The molecule has 0 aromatic carbocycles. The molecule has 1 heterocycles. The largest absolute Gasteiger partial charge is 0.444 e. The van der Waals surface area contributed by atoms with Gasteiger partial charge in [-0.25, -0.2) is 4.79 Å². The zero-order valence-electron chi connectivity index (χ0n) is 15.3. The highest BCUT2D eigenvalue weighted by atomic mass is 16.6. The first-order chi connectivity index (χ1) is 10.8. The summed E-state index contributed by atoms with van der Waals surface area (Å²) in [5, 5.41) is 0. The Labute approximate surface area is 141 Å². The van der Waals surface area contributed by atoms with Gasteiger partial charge in [-0.1, -0.05) is 19.3 Å². The first kappa shape index (κ1) is 18.5. The minimum Gasteiger partial charge on any atom is -0.444 e. The second kappa shape index (κ2) is 7.84. The number of rotatable bonds is 4. The molecule has 0 radical (unpaired) electrons. The topological polar surface area (TPSA) is 58.8 Å². The van der Waals surface area contributed by atoms with Crippen LogP contribution in [0.15, 0.2) is 0 Å². The number of piperazine rings is 1. The highest BCUT2D eigenvalue weighted by Crippen LogP contribution is 2.38. The molecule has 1 aliphatic heterocycles. The Morgan fingerprint density at radius 1 is 1.09 bits per heavy atom. The van der Waals surface area contributed by atoms with Crippen LogP contribution in [0.4, 0.5) is 4.79 Å². The van der Waals surface area contributed by atoms with Crippen molar-refractivity contribution in [3.8, 4) is 0 Å². The number of hydrogen-bond donors (Lipinski definition) is 1. The van der Waals surface area contributed by atoms with Gasteiger partial charge in [0, 0.05) is 26.2 Å². The number of carbonyl (C=O) groups is 1. The molecule has 1 saturated carbocycles. The third-order valence-electron chi connectivity index (χ3n) is 5.33. The highest BCUT2D eigenvalue weighted by Gasteiger charge is 2.32. The fraction of sp³-hybridized carbons (Fsp3) is 0.944. The van der Waals surface area contributed by atoms with Crippen molar-refractivity contribution in [1.82, 2.24) is 9.80 Å². The third kappa shape index (κ3) is 5.64. The van der Waals surface area contributed by atoms with Crippen LogP contribution in [0.3, 0.4) is 0 Å². The van der Waals surface area contributed by atoms with E-state index in [1.54, 1.807) is 0 Å². The number of amides is 1. The molecule has 0 bridgehead atoms. The molecule has 23 heavy (non-hydrogen) atoms.